The van der Waals surface area contributed by atoms with Gasteiger partial charge in [0.05, 0.1) is 0 Å². The van der Waals surface area contributed by atoms with Gasteiger partial charge < -0.3 is 9.50 Å². The highest BCUT2D eigenvalue weighted by Gasteiger charge is 2.22. The van der Waals surface area contributed by atoms with Crippen molar-refractivity contribution in [3.8, 4) is 11.4 Å². The first kappa shape index (κ1) is 23.7. The second-order valence-electron chi connectivity index (χ2n) is 7.98. The van der Waals surface area contributed by atoms with Crippen molar-refractivity contribution in [1.82, 2.24) is 15.0 Å². The Morgan fingerprint density at radius 3 is 2.28 bits per heavy atom. The van der Waals surface area contributed by atoms with Gasteiger partial charge in [-0.1, -0.05) is 40.2 Å². The first-order valence-electron chi connectivity index (χ1n) is 10.8. The zero-order chi connectivity index (χ0) is 25.3. The van der Waals surface area contributed by atoms with Crippen molar-refractivity contribution in [2.45, 2.75) is 11.8 Å². The Balaban J connectivity index is 1.44. The number of rotatable bonds is 6. The summed E-state index contributed by atoms with van der Waals surface area (Å²) >= 11 is 3.35. The van der Waals surface area contributed by atoms with Crippen LogP contribution in [0.3, 0.4) is 0 Å². The first-order valence-corrected chi connectivity index (χ1v) is 13.0. The summed E-state index contributed by atoms with van der Waals surface area (Å²) in [6.07, 6.45) is 0. The maximum Gasteiger partial charge on any atom is 0.339 e. The van der Waals surface area contributed by atoms with E-state index in [1.165, 1.54) is 29.1 Å². The van der Waals surface area contributed by atoms with Gasteiger partial charge in [-0.2, -0.15) is 8.42 Å². The van der Waals surface area contributed by atoms with E-state index in [1.807, 2.05) is 31.2 Å². The summed E-state index contributed by atoms with van der Waals surface area (Å²) in [5.74, 6) is -0.386. The Hall–Kier alpha value is -4.02. The number of nitrogens with one attached hydrogen (secondary N) is 1. The van der Waals surface area contributed by atoms with Crippen molar-refractivity contribution < 1.29 is 17.4 Å². The summed E-state index contributed by atoms with van der Waals surface area (Å²) in [4.78, 5) is 13.9. The minimum absolute atomic E-state index is 0.0608. The number of amides is 1. The zero-order valence-corrected chi connectivity index (χ0v) is 21.3. The molecule has 1 heterocycles. The zero-order valence-electron chi connectivity index (χ0n) is 18.9. The lowest BCUT2D eigenvalue weighted by Gasteiger charge is -2.12. The number of benzene rings is 4. The molecule has 5 aromatic rings. The molecule has 0 atom stereocenters. The molecule has 0 bridgehead atoms. The van der Waals surface area contributed by atoms with Gasteiger partial charge in [-0.15, -0.1) is 15.0 Å². The number of carbonyl (C=O) groups excluding carboxylic acids is 1. The van der Waals surface area contributed by atoms with Gasteiger partial charge >= 0.3 is 10.1 Å². The van der Waals surface area contributed by atoms with Gasteiger partial charge in [0.15, 0.2) is 5.75 Å². The molecule has 0 saturated carbocycles. The van der Waals surface area contributed by atoms with Crippen LogP contribution in [0.4, 0.5) is 5.69 Å². The Morgan fingerprint density at radius 1 is 0.889 bits per heavy atom. The largest absolute Gasteiger partial charge is 0.377 e. The van der Waals surface area contributed by atoms with E-state index in [0.717, 1.165) is 10.0 Å². The number of anilines is 1. The van der Waals surface area contributed by atoms with E-state index in [4.69, 9.17) is 4.18 Å². The summed E-state index contributed by atoms with van der Waals surface area (Å²) in [5, 5.41) is 11.6. The first-order chi connectivity index (χ1) is 17.3. The lowest BCUT2D eigenvalue weighted by atomic mass is 10.2. The molecule has 0 aliphatic heterocycles. The second-order valence-corrected chi connectivity index (χ2v) is 10.4. The number of aromatic nitrogens is 3. The van der Waals surface area contributed by atoms with Crippen molar-refractivity contribution in [2.75, 3.05) is 5.32 Å². The summed E-state index contributed by atoms with van der Waals surface area (Å²) < 4.78 is 32.8. The number of aryl methyl sites for hydroxylation is 1. The van der Waals surface area contributed by atoms with Crippen LogP contribution in [0, 0.1) is 6.92 Å². The Kier molecular flexibility index (Phi) is 6.29. The van der Waals surface area contributed by atoms with Gasteiger partial charge in [-0.25, -0.2) is 0 Å². The molecule has 0 spiro atoms. The van der Waals surface area contributed by atoms with Crippen LogP contribution in [-0.4, -0.2) is 29.3 Å². The quantitative estimate of drug-likeness (QED) is 0.273. The Morgan fingerprint density at radius 2 is 1.58 bits per heavy atom. The summed E-state index contributed by atoms with van der Waals surface area (Å²) in [7, 11) is -4.28. The monoisotopic (exact) mass is 562 g/mol. The third-order valence-corrected chi connectivity index (χ3v) is 7.06. The summed E-state index contributed by atoms with van der Waals surface area (Å²) in [6, 6.07) is 25.1. The maximum atomic E-state index is 13.2. The fourth-order valence-electron chi connectivity index (χ4n) is 3.52. The topological polar surface area (TPSA) is 103 Å². The van der Waals surface area contributed by atoms with Crippen LogP contribution in [0.15, 0.2) is 100 Å². The maximum absolute atomic E-state index is 13.2. The molecule has 0 fully saturated rings. The molecular weight excluding hydrogens is 544 g/mol. The van der Waals surface area contributed by atoms with Crippen molar-refractivity contribution in [1.29, 1.82) is 0 Å². The van der Waals surface area contributed by atoms with Crippen molar-refractivity contribution in [3.63, 3.8) is 0 Å². The van der Waals surface area contributed by atoms with Crippen molar-refractivity contribution in [2.24, 2.45) is 0 Å². The number of hydrogen-bond donors (Lipinski definition) is 1. The van der Waals surface area contributed by atoms with Crippen LogP contribution in [0.1, 0.15) is 15.9 Å². The standard InChI is InChI=1S/C26H19BrN4O4S/c1-17-9-14-25(24(15-17)31-29-22-7-2-3-8-23(22)30-31)35-36(33,34)21-6-4-5-18(16-21)26(32)28-20-12-10-19(27)11-13-20/h2-16H,1H3,(H,28,32). The third kappa shape index (κ3) is 5.00. The molecular formula is C26H19BrN4O4S. The van der Waals surface area contributed by atoms with Gasteiger partial charge in [0.1, 0.15) is 21.6 Å². The summed E-state index contributed by atoms with van der Waals surface area (Å²) in [6.45, 7) is 1.87. The van der Waals surface area contributed by atoms with Crippen LogP contribution < -0.4 is 9.50 Å². The van der Waals surface area contributed by atoms with E-state index in [0.29, 0.717) is 22.4 Å². The average Bonchev–Trinajstić information content (AvgIpc) is 3.31. The van der Waals surface area contributed by atoms with E-state index < -0.39 is 16.0 Å². The lowest BCUT2D eigenvalue weighted by molar-refractivity contribution is 0.102. The molecule has 0 aliphatic carbocycles. The molecule has 1 amide bonds. The lowest BCUT2D eigenvalue weighted by Crippen LogP contribution is -2.15. The predicted octanol–water partition coefficient (Wildman–Crippen LogP) is 5.51. The molecule has 0 radical (unpaired) electrons. The van der Waals surface area contributed by atoms with Gasteiger partial charge in [0.2, 0.25) is 0 Å². The SMILES string of the molecule is Cc1ccc(OS(=O)(=O)c2cccc(C(=O)Nc3ccc(Br)cc3)c2)c(-n2nc3ccccc3n2)c1. The predicted molar refractivity (Wildman–Crippen MR) is 140 cm³/mol. The van der Waals surface area contributed by atoms with Crippen molar-refractivity contribution in [3.05, 3.63) is 107 Å². The van der Waals surface area contributed by atoms with E-state index in [9.17, 15) is 13.2 Å². The molecule has 8 nitrogen and oxygen atoms in total. The van der Waals surface area contributed by atoms with Crippen LogP contribution in [-0.2, 0) is 10.1 Å². The highest BCUT2D eigenvalue weighted by Crippen LogP contribution is 2.28. The van der Waals surface area contributed by atoms with E-state index in [1.54, 1.807) is 42.5 Å². The van der Waals surface area contributed by atoms with Crippen LogP contribution in [0.5, 0.6) is 5.75 Å². The van der Waals surface area contributed by atoms with Gasteiger partial charge in [-0.3, -0.25) is 4.79 Å². The Bertz CT molecular complexity index is 1670. The molecule has 0 aliphatic rings. The number of fused-ring (bicyclic) bond motifs is 1. The van der Waals surface area contributed by atoms with E-state index in [-0.39, 0.29) is 16.2 Å². The van der Waals surface area contributed by atoms with Crippen LogP contribution >= 0.6 is 15.9 Å². The molecule has 0 unspecified atom stereocenters. The Labute approximate surface area is 215 Å². The average molecular weight is 563 g/mol. The van der Waals surface area contributed by atoms with Gasteiger partial charge in [0.25, 0.3) is 5.91 Å². The molecule has 180 valence electrons. The molecule has 1 aromatic heterocycles. The summed E-state index contributed by atoms with van der Waals surface area (Å²) in [5.41, 5.74) is 3.33. The molecule has 36 heavy (non-hydrogen) atoms. The molecule has 5 rings (SSSR count). The normalized spacial score (nSPS) is 11.4. The molecule has 10 heteroatoms. The number of nitrogens with zero attached hydrogens (tertiary/aromatic N) is 3. The molecule has 1 N–H and O–H groups in total. The minimum Gasteiger partial charge on any atom is -0.377 e. The number of hydrogen-bond acceptors (Lipinski definition) is 6. The van der Waals surface area contributed by atoms with Crippen LogP contribution in [0.2, 0.25) is 0 Å². The van der Waals surface area contributed by atoms with Gasteiger partial charge in [-0.05, 0) is 79.2 Å². The van der Waals surface area contributed by atoms with Gasteiger partial charge in [0, 0.05) is 15.7 Å². The van der Waals surface area contributed by atoms with Crippen LogP contribution in [0.25, 0.3) is 16.7 Å². The smallest absolute Gasteiger partial charge is 0.339 e. The van der Waals surface area contributed by atoms with E-state index in [2.05, 4.69) is 31.4 Å². The number of carbonyl (C=O) groups is 1. The van der Waals surface area contributed by atoms with Crippen molar-refractivity contribution >= 4 is 48.7 Å². The minimum atomic E-state index is -4.28. The highest BCUT2D eigenvalue weighted by atomic mass is 79.9. The highest BCUT2D eigenvalue weighted by molar-refractivity contribution is 9.10. The fraction of sp³-hybridized carbons (Fsp3) is 0.0385. The molecule has 0 saturated heterocycles. The molecule has 4 aromatic carbocycles. The fourth-order valence-corrected chi connectivity index (χ4v) is 4.77. The van der Waals surface area contributed by atoms with E-state index >= 15 is 0 Å². The third-order valence-electron chi connectivity index (χ3n) is 5.30. The second kappa shape index (κ2) is 9.56. The number of halogens is 1.